The first kappa shape index (κ1) is 9.96. The lowest BCUT2D eigenvalue weighted by molar-refractivity contribution is 0.729. The summed E-state index contributed by atoms with van der Waals surface area (Å²) in [7, 11) is 0. The Morgan fingerprint density at radius 2 is 2.00 bits per heavy atom. The average Bonchev–Trinajstić information content (AvgIpc) is 2.03. The van der Waals surface area contributed by atoms with Crippen molar-refractivity contribution in [3.8, 4) is 0 Å². The van der Waals surface area contributed by atoms with Gasteiger partial charge in [0, 0.05) is 0 Å². The van der Waals surface area contributed by atoms with Crippen molar-refractivity contribution in [2.75, 3.05) is 0 Å². The Bertz CT molecular complexity index is 172. The van der Waals surface area contributed by atoms with Crippen LogP contribution in [-0.2, 0) is 0 Å². The van der Waals surface area contributed by atoms with Gasteiger partial charge in [-0.3, -0.25) is 0 Å². The monoisotopic (exact) mass is 148 g/mol. The molecule has 0 rings (SSSR count). The molecule has 0 fully saturated rings. The van der Waals surface area contributed by atoms with Crippen LogP contribution in [0.1, 0.15) is 13.3 Å². The molecule has 0 saturated heterocycles. The zero-order valence-corrected chi connectivity index (χ0v) is 7.22. The minimum atomic E-state index is 0.513. The molecule has 11 heavy (non-hydrogen) atoms. The van der Waals surface area contributed by atoms with Crippen molar-refractivity contribution in [1.82, 2.24) is 0 Å². The van der Waals surface area contributed by atoms with Crippen LogP contribution in [-0.4, -0.2) is 0 Å². The van der Waals surface area contributed by atoms with Crippen LogP contribution in [0.4, 0.5) is 0 Å². The molecular formula is C11H16. The summed E-state index contributed by atoms with van der Waals surface area (Å²) in [6.07, 6.45) is 8.57. The van der Waals surface area contributed by atoms with Crippen molar-refractivity contribution in [2.45, 2.75) is 13.3 Å². The Labute approximate surface area is 69.6 Å². The summed E-state index contributed by atoms with van der Waals surface area (Å²) in [6, 6.07) is 0. The van der Waals surface area contributed by atoms with Gasteiger partial charge in [-0.25, -0.2) is 0 Å². The molecule has 1 unspecified atom stereocenters. The minimum absolute atomic E-state index is 0.513. The lowest BCUT2D eigenvalue weighted by atomic mass is 10.0. The van der Waals surface area contributed by atoms with E-state index in [1.807, 2.05) is 18.2 Å². The second kappa shape index (κ2) is 5.72. The predicted octanol–water partition coefficient (Wildman–Crippen LogP) is 3.50. The second-order valence-electron chi connectivity index (χ2n) is 2.60. The predicted molar refractivity (Wildman–Crippen MR) is 52.5 cm³/mol. The van der Waals surface area contributed by atoms with Gasteiger partial charge in [-0.05, 0) is 17.9 Å². The highest BCUT2D eigenvalue weighted by molar-refractivity contribution is 5.21. The number of allylic oxidation sites excluding steroid dienone is 5. The van der Waals surface area contributed by atoms with E-state index in [2.05, 4.69) is 26.7 Å². The number of rotatable bonds is 5. The molecule has 0 aromatic heterocycles. The van der Waals surface area contributed by atoms with Crippen LogP contribution in [0.5, 0.6) is 0 Å². The van der Waals surface area contributed by atoms with E-state index >= 15 is 0 Å². The summed E-state index contributed by atoms with van der Waals surface area (Å²) in [5.41, 5.74) is 1.22. The van der Waals surface area contributed by atoms with Crippen molar-refractivity contribution in [2.24, 2.45) is 5.92 Å². The Kier molecular flexibility index (Phi) is 5.18. The van der Waals surface area contributed by atoms with Crippen molar-refractivity contribution >= 4 is 0 Å². The third-order valence-electron chi connectivity index (χ3n) is 1.55. The van der Waals surface area contributed by atoms with Crippen molar-refractivity contribution in [3.05, 3.63) is 49.6 Å². The molecule has 0 N–H and O–H groups in total. The van der Waals surface area contributed by atoms with E-state index in [1.54, 1.807) is 6.08 Å². The van der Waals surface area contributed by atoms with Crippen molar-refractivity contribution in [3.63, 3.8) is 0 Å². The van der Waals surface area contributed by atoms with Gasteiger partial charge in [0.1, 0.15) is 0 Å². The molecular weight excluding hydrogens is 132 g/mol. The number of hydrogen-bond acceptors (Lipinski definition) is 0. The van der Waals surface area contributed by atoms with Gasteiger partial charge >= 0.3 is 0 Å². The Morgan fingerprint density at radius 3 is 2.36 bits per heavy atom. The zero-order valence-electron chi connectivity index (χ0n) is 7.22. The highest BCUT2D eigenvalue weighted by atomic mass is 14.0. The van der Waals surface area contributed by atoms with E-state index in [-0.39, 0.29) is 0 Å². The molecule has 0 aromatic rings. The van der Waals surface area contributed by atoms with Crippen LogP contribution in [0.3, 0.4) is 0 Å². The molecule has 0 aliphatic carbocycles. The topological polar surface area (TPSA) is 0 Å². The highest BCUT2D eigenvalue weighted by Crippen LogP contribution is 2.12. The van der Waals surface area contributed by atoms with E-state index in [1.165, 1.54) is 5.57 Å². The van der Waals surface area contributed by atoms with Crippen LogP contribution in [0, 0.1) is 5.92 Å². The highest BCUT2D eigenvalue weighted by Gasteiger charge is 1.96. The average molecular weight is 148 g/mol. The van der Waals surface area contributed by atoms with Crippen LogP contribution in [0.15, 0.2) is 49.6 Å². The quantitative estimate of drug-likeness (QED) is 0.413. The summed E-state index contributed by atoms with van der Waals surface area (Å²) in [4.78, 5) is 0. The molecule has 60 valence electrons. The third kappa shape index (κ3) is 4.38. The van der Waals surface area contributed by atoms with E-state index in [0.29, 0.717) is 5.92 Å². The molecule has 0 aromatic carbocycles. The van der Waals surface area contributed by atoms with Gasteiger partial charge in [0.05, 0.1) is 0 Å². The Balaban J connectivity index is 4.07. The zero-order chi connectivity index (χ0) is 8.69. The maximum absolute atomic E-state index is 3.72. The summed E-state index contributed by atoms with van der Waals surface area (Å²) in [6.45, 7) is 13.2. The molecule has 0 spiro atoms. The molecule has 0 aliphatic rings. The molecule has 0 bridgehead atoms. The molecule has 0 saturated carbocycles. The summed E-state index contributed by atoms with van der Waals surface area (Å²) in [5.74, 6) is 0.513. The van der Waals surface area contributed by atoms with Crippen molar-refractivity contribution < 1.29 is 0 Å². The van der Waals surface area contributed by atoms with E-state index in [9.17, 15) is 0 Å². The van der Waals surface area contributed by atoms with Gasteiger partial charge in [0.25, 0.3) is 0 Å². The van der Waals surface area contributed by atoms with Crippen LogP contribution >= 0.6 is 0 Å². The van der Waals surface area contributed by atoms with E-state index < -0.39 is 0 Å². The second-order valence-corrected chi connectivity index (χ2v) is 2.60. The van der Waals surface area contributed by atoms with Gasteiger partial charge in [-0.2, -0.15) is 0 Å². The van der Waals surface area contributed by atoms with Gasteiger partial charge < -0.3 is 0 Å². The standard InChI is InChI=1S/C11H16/c1-5-8-11(7-3)9-10(4)6-2/h5-8,10H,1-3,9H2,4H3/b11-8+. The first-order valence-corrected chi connectivity index (χ1v) is 3.81. The molecule has 0 radical (unpaired) electrons. The van der Waals surface area contributed by atoms with Gasteiger partial charge in [-0.15, -0.1) is 6.58 Å². The van der Waals surface area contributed by atoms with Crippen LogP contribution < -0.4 is 0 Å². The fourth-order valence-corrected chi connectivity index (χ4v) is 0.826. The van der Waals surface area contributed by atoms with Gasteiger partial charge in [-0.1, -0.05) is 44.4 Å². The number of hydrogen-bond donors (Lipinski definition) is 0. The molecule has 0 aliphatic heterocycles. The summed E-state index contributed by atoms with van der Waals surface area (Å²) < 4.78 is 0. The molecule has 0 amide bonds. The van der Waals surface area contributed by atoms with Crippen molar-refractivity contribution in [1.29, 1.82) is 0 Å². The lowest BCUT2D eigenvalue weighted by Crippen LogP contribution is -1.89. The van der Waals surface area contributed by atoms with E-state index in [4.69, 9.17) is 0 Å². The van der Waals surface area contributed by atoms with Crippen LogP contribution in [0.25, 0.3) is 0 Å². The fraction of sp³-hybridized carbons (Fsp3) is 0.273. The normalized spacial score (nSPS) is 13.7. The molecule has 0 nitrogen and oxygen atoms in total. The molecule has 0 heterocycles. The first-order valence-electron chi connectivity index (χ1n) is 3.81. The smallest absolute Gasteiger partial charge is 0.0219 e. The van der Waals surface area contributed by atoms with Crippen LogP contribution in [0.2, 0.25) is 0 Å². The minimum Gasteiger partial charge on any atom is -0.103 e. The maximum atomic E-state index is 3.72. The fourth-order valence-electron chi connectivity index (χ4n) is 0.826. The van der Waals surface area contributed by atoms with Gasteiger partial charge in [0.2, 0.25) is 0 Å². The molecule has 0 heteroatoms. The summed E-state index contributed by atoms with van der Waals surface area (Å²) in [5, 5.41) is 0. The lowest BCUT2D eigenvalue weighted by Gasteiger charge is -2.04. The Morgan fingerprint density at radius 1 is 1.36 bits per heavy atom. The Hall–Kier alpha value is -1.04. The first-order chi connectivity index (χ1) is 5.24. The maximum Gasteiger partial charge on any atom is -0.0219 e. The van der Waals surface area contributed by atoms with E-state index in [0.717, 1.165) is 6.42 Å². The SMILES string of the molecule is C=C/C=C(\C=C)CC(C)C=C. The molecule has 1 atom stereocenters. The third-order valence-corrected chi connectivity index (χ3v) is 1.55. The summed E-state index contributed by atoms with van der Waals surface area (Å²) >= 11 is 0. The van der Waals surface area contributed by atoms with Gasteiger partial charge in [0.15, 0.2) is 0 Å². The largest absolute Gasteiger partial charge is 0.103 e.